The number of fused-ring (bicyclic) bond motifs is 16. The molecule has 4 heterocycles. The molecule has 0 amide bonds. The van der Waals surface area contributed by atoms with Crippen molar-refractivity contribution in [3.63, 3.8) is 0 Å². The van der Waals surface area contributed by atoms with Crippen LogP contribution in [0.2, 0.25) is 0 Å². The van der Waals surface area contributed by atoms with Gasteiger partial charge in [0.15, 0.2) is 0 Å². The molecule has 0 atom stereocenters. The Kier molecular flexibility index (Phi) is 15.1. The molecular weight excluding hydrogens is 1340 g/mol. The van der Waals surface area contributed by atoms with Gasteiger partial charge in [0.25, 0.3) is 6.71 Å². The lowest BCUT2D eigenvalue weighted by Gasteiger charge is -2.40. The molecule has 2 aliphatic rings. The summed E-state index contributed by atoms with van der Waals surface area (Å²) in [5, 5.41) is 11.4. The number of hydrogen-bond donors (Lipinski definition) is 0. The second-order valence-corrected chi connectivity index (χ2v) is 33.3. The molecule has 0 saturated carbocycles. The molecule has 0 N–H and O–H groups in total. The number of nitrogens with zero attached hydrogens (tertiary/aromatic N) is 2. The Morgan fingerprint density at radius 2 is 0.709 bits per heavy atom. The average Bonchev–Trinajstić information content (AvgIpc) is 1.45. The Balaban J connectivity index is 0.965. The van der Waals surface area contributed by atoms with Gasteiger partial charge in [0, 0.05) is 48.0 Å². The molecule has 2 aromatic heterocycles. The highest BCUT2D eigenvalue weighted by atomic mass is 32.1. The van der Waals surface area contributed by atoms with Gasteiger partial charge in [-0.1, -0.05) is 339 Å². The lowest BCUT2D eigenvalue weighted by atomic mass is 9.36. The van der Waals surface area contributed by atoms with E-state index in [1.165, 1.54) is 158 Å². The third kappa shape index (κ3) is 10.5. The predicted octanol–water partition coefficient (Wildman–Crippen LogP) is 27.7. The second-order valence-electron chi connectivity index (χ2n) is 32.2. The van der Waals surface area contributed by atoms with Gasteiger partial charge in [-0.2, -0.15) is 0 Å². The average molecular weight is 1420 g/mol. The molecule has 2 aliphatic heterocycles. The van der Waals surface area contributed by atoms with Gasteiger partial charge in [-0.15, -0.1) is 11.3 Å². The number of rotatable bonds is 10. The van der Waals surface area contributed by atoms with Gasteiger partial charge in [-0.25, -0.2) is 0 Å². The van der Waals surface area contributed by atoms with Crippen molar-refractivity contribution in [2.24, 2.45) is 0 Å². The fourth-order valence-corrected chi connectivity index (χ4v) is 19.6. The van der Waals surface area contributed by atoms with Gasteiger partial charge in [-0.05, 0) is 215 Å². The van der Waals surface area contributed by atoms with Crippen LogP contribution in [0.3, 0.4) is 0 Å². The van der Waals surface area contributed by atoms with Gasteiger partial charge in [0.05, 0.1) is 22.4 Å². The van der Waals surface area contributed by atoms with Crippen molar-refractivity contribution in [2.75, 3.05) is 4.90 Å². The quantitative estimate of drug-likeness (QED) is 0.0979. The fraction of sp³-hybridized carbons (Fsp3) is 0.0755. The number of benzene rings is 17. The summed E-state index contributed by atoms with van der Waals surface area (Å²) >= 11 is 1.99. The summed E-state index contributed by atoms with van der Waals surface area (Å²) < 4.78 is 5.36. The molecule has 2 nitrogen and oxygen atoms in total. The van der Waals surface area contributed by atoms with E-state index in [-0.39, 0.29) is 17.5 Å². The SMILES string of the molecule is CC(C)(C)c1ccc(N2c3cc(-c4c(-c5ccc(-c6ccccc6)cc5)cc(-c5ccccc5)cc4-c4ccc(-c5ccccc5)cc4)cc4c3B(c3sc5ccc(C(C)(C)C)cc5c32)c2cc3c5ccccc5c5ccccc5c3c3c5cc(-c6ccccc6-c6ccccc6)ccc5n-4c23)c(-c2ccccc2)c1. The van der Waals surface area contributed by atoms with Crippen LogP contribution in [0.25, 0.3) is 170 Å². The number of anilines is 3. The fourth-order valence-electron chi connectivity index (χ4n) is 18.3. The largest absolute Gasteiger partial charge is 0.310 e. The van der Waals surface area contributed by atoms with Crippen molar-refractivity contribution in [2.45, 2.75) is 52.4 Å². The molecule has 17 aromatic carbocycles. The molecule has 0 fully saturated rings. The predicted molar refractivity (Wildman–Crippen MR) is 474 cm³/mol. The summed E-state index contributed by atoms with van der Waals surface area (Å²) in [6, 6.07) is 136. The first-order valence-electron chi connectivity index (χ1n) is 38.6. The summed E-state index contributed by atoms with van der Waals surface area (Å²) in [4.78, 5) is 2.76. The zero-order valence-corrected chi connectivity index (χ0v) is 63.3. The summed E-state index contributed by atoms with van der Waals surface area (Å²) in [6.07, 6.45) is 0. The Morgan fingerprint density at radius 1 is 0.273 bits per heavy atom. The molecule has 110 heavy (non-hydrogen) atoms. The molecule has 21 rings (SSSR count). The normalized spacial score (nSPS) is 12.6. The topological polar surface area (TPSA) is 8.17 Å². The zero-order chi connectivity index (χ0) is 73.7. The molecular formula is C106H77BN2S. The second kappa shape index (κ2) is 25.4. The maximum absolute atomic E-state index is 2.76. The van der Waals surface area contributed by atoms with Crippen LogP contribution in [0.1, 0.15) is 52.7 Å². The first-order chi connectivity index (χ1) is 53.8. The summed E-state index contributed by atoms with van der Waals surface area (Å²) in [5.74, 6) is 0. The molecule has 0 spiro atoms. The highest BCUT2D eigenvalue weighted by Crippen LogP contribution is 2.55. The molecule has 520 valence electrons. The van der Waals surface area contributed by atoms with E-state index in [1.807, 2.05) is 11.3 Å². The van der Waals surface area contributed by atoms with Crippen LogP contribution in [0.15, 0.2) is 358 Å². The maximum atomic E-state index is 2.76. The minimum absolute atomic E-state index is 0.137. The highest BCUT2D eigenvalue weighted by molar-refractivity contribution is 7.33. The van der Waals surface area contributed by atoms with E-state index in [4.69, 9.17) is 0 Å². The first kappa shape index (κ1) is 65.4. The van der Waals surface area contributed by atoms with Crippen LogP contribution < -0.4 is 20.6 Å². The molecule has 0 saturated heterocycles. The molecule has 19 aromatic rings. The summed E-state index contributed by atoms with van der Waals surface area (Å²) in [5.41, 5.74) is 33.1. The Morgan fingerprint density at radius 3 is 1.28 bits per heavy atom. The Labute approximate surface area is 647 Å². The van der Waals surface area contributed by atoms with Crippen molar-refractivity contribution in [1.82, 2.24) is 4.57 Å². The third-order valence-electron chi connectivity index (χ3n) is 23.7. The molecule has 4 heteroatoms. The highest BCUT2D eigenvalue weighted by Gasteiger charge is 2.46. The van der Waals surface area contributed by atoms with Crippen molar-refractivity contribution in [3.05, 3.63) is 369 Å². The number of hydrogen-bond acceptors (Lipinski definition) is 2. The minimum Gasteiger partial charge on any atom is -0.310 e. The van der Waals surface area contributed by atoms with Crippen molar-refractivity contribution in [3.8, 4) is 106 Å². The van der Waals surface area contributed by atoms with Gasteiger partial charge >= 0.3 is 0 Å². The van der Waals surface area contributed by atoms with E-state index in [0.717, 1.165) is 55.9 Å². The van der Waals surface area contributed by atoms with E-state index >= 15 is 0 Å². The maximum Gasteiger partial charge on any atom is 0.264 e. The van der Waals surface area contributed by atoms with Gasteiger partial charge in [0.1, 0.15) is 0 Å². The van der Waals surface area contributed by atoms with Crippen LogP contribution >= 0.6 is 11.3 Å². The van der Waals surface area contributed by atoms with Crippen LogP contribution in [0.4, 0.5) is 17.1 Å². The summed E-state index contributed by atoms with van der Waals surface area (Å²) in [6.45, 7) is 14.0. The molecule has 0 bridgehead atoms. The lowest BCUT2D eigenvalue weighted by molar-refractivity contribution is 0.590. The smallest absolute Gasteiger partial charge is 0.264 e. The Bertz CT molecular complexity index is 6820. The monoisotopic (exact) mass is 1420 g/mol. The summed E-state index contributed by atoms with van der Waals surface area (Å²) in [7, 11) is 0. The lowest BCUT2D eigenvalue weighted by Crippen LogP contribution is -2.59. The molecule has 0 unspecified atom stereocenters. The zero-order valence-electron chi connectivity index (χ0n) is 62.4. The van der Waals surface area contributed by atoms with Gasteiger partial charge < -0.3 is 9.47 Å². The van der Waals surface area contributed by atoms with E-state index in [0.29, 0.717) is 0 Å². The van der Waals surface area contributed by atoms with E-state index in [2.05, 4.69) is 409 Å². The molecule has 0 aliphatic carbocycles. The number of aromatic nitrogens is 1. The van der Waals surface area contributed by atoms with Crippen LogP contribution in [-0.2, 0) is 10.8 Å². The standard InChI is InChI=1S/C106H77BN2S/c1-105(2,3)78-53-56-93(86(63-78)72-36-20-11-21-37-72)108-95-61-77(98-87(73-48-44-69(45-49-73)66-28-12-7-13-29-66)59-76(68-32-16-9-17-33-68)60-88(98)74-50-46-70(47-51-74)67-30-14-8-15-31-67)62-96-101(95)107(104-102(108)91-64-79(106(4,5)6)54-57-97(91)110-104)92-65-89-84-42-25-24-40-82(84)83-41-26-27-43-85(83)99(89)100-90-58-75(52-55-94(90)109(96)103(92)100)81-39-23-22-38-80(81)71-34-18-10-19-35-71/h7-65H,1-6H3. The van der Waals surface area contributed by atoms with Gasteiger partial charge in [-0.3, -0.25) is 0 Å². The van der Waals surface area contributed by atoms with Gasteiger partial charge in [0.2, 0.25) is 0 Å². The van der Waals surface area contributed by atoms with Crippen molar-refractivity contribution >= 4 is 115 Å². The Hall–Kier alpha value is -12.9. The van der Waals surface area contributed by atoms with Crippen LogP contribution in [-0.4, -0.2) is 11.3 Å². The van der Waals surface area contributed by atoms with Crippen LogP contribution in [0.5, 0.6) is 0 Å². The van der Waals surface area contributed by atoms with E-state index in [1.54, 1.807) is 0 Å². The number of thiophene rings is 1. The van der Waals surface area contributed by atoms with E-state index in [9.17, 15) is 0 Å². The third-order valence-corrected chi connectivity index (χ3v) is 24.9. The molecule has 0 radical (unpaired) electrons. The van der Waals surface area contributed by atoms with E-state index < -0.39 is 0 Å². The van der Waals surface area contributed by atoms with Crippen molar-refractivity contribution in [1.29, 1.82) is 0 Å². The van der Waals surface area contributed by atoms with Crippen molar-refractivity contribution < 1.29 is 0 Å². The minimum atomic E-state index is -0.201. The first-order valence-corrected chi connectivity index (χ1v) is 39.5. The van der Waals surface area contributed by atoms with Crippen LogP contribution in [0, 0.1) is 0 Å².